The SMILES string of the molecule is CN[C@@H](C[C@@H]1CCNC1=O)C(N)=O. The van der Waals surface area contributed by atoms with Crippen LogP contribution in [-0.2, 0) is 9.59 Å². The van der Waals surface area contributed by atoms with E-state index in [4.69, 9.17) is 5.73 Å². The molecule has 13 heavy (non-hydrogen) atoms. The van der Waals surface area contributed by atoms with Crippen LogP contribution in [0.3, 0.4) is 0 Å². The largest absolute Gasteiger partial charge is 0.368 e. The minimum absolute atomic E-state index is 0.0292. The van der Waals surface area contributed by atoms with Gasteiger partial charge in [0, 0.05) is 12.5 Å². The van der Waals surface area contributed by atoms with Crippen molar-refractivity contribution in [3.63, 3.8) is 0 Å². The Morgan fingerprint density at radius 2 is 2.54 bits per heavy atom. The lowest BCUT2D eigenvalue weighted by Gasteiger charge is -2.14. The third-order valence-electron chi connectivity index (χ3n) is 2.37. The fourth-order valence-electron chi connectivity index (χ4n) is 1.53. The summed E-state index contributed by atoms with van der Waals surface area (Å²) in [6, 6.07) is -0.395. The molecule has 0 saturated carbocycles. The van der Waals surface area contributed by atoms with Gasteiger partial charge in [-0.2, -0.15) is 0 Å². The van der Waals surface area contributed by atoms with Crippen molar-refractivity contribution in [1.29, 1.82) is 0 Å². The second-order valence-corrected chi connectivity index (χ2v) is 3.26. The van der Waals surface area contributed by atoms with Gasteiger partial charge in [0.15, 0.2) is 0 Å². The molecule has 0 aliphatic carbocycles. The first-order chi connectivity index (χ1) is 6.15. The van der Waals surface area contributed by atoms with Gasteiger partial charge < -0.3 is 16.4 Å². The molecule has 74 valence electrons. The summed E-state index contributed by atoms with van der Waals surface area (Å²) in [6.45, 7) is 0.707. The number of carbonyl (C=O) groups is 2. The smallest absolute Gasteiger partial charge is 0.234 e. The van der Waals surface area contributed by atoms with Crippen LogP contribution in [0.25, 0.3) is 0 Å². The third kappa shape index (κ3) is 2.42. The number of hydrogen-bond donors (Lipinski definition) is 3. The van der Waals surface area contributed by atoms with Crippen LogP contribution in [0.2, 0.25) is 0 Å². The molecule has 0 unspecified atom stereocenters. The molecule has 1 heterocycles. The molecule has 0 bridgehead atoms. The van der Waals surface area contributed by atoms with Crippen LogP contribution in [0.5, 0.6) is 0 Å². The average Bonchev–Trinajstić information content (AvgIpc) is 2.46. The van der Waals surface area contributed by atoms with Crippen LogP contribution in [0.4, 0.5) is 0 Å². The summed E-state index contributed by atoms with van der Waals surface area (Å²) in [4.78, 5) is 22.0. The van der Waals surface area contributed by atoms with E-state index >= 15 is 0 Å². The van der Waals surface area contributed by atoms with Gasteiger partial charge in [-0.15, -0.1) is 0 Å². The van der Waals surface area contributed by atoms with Crippen molar-refractivity contribution in [2.45, 2.75) is 18.9 Å². The van der Waals surface area contributed by atoms with Gasteiger partial charge in [0.25, 0.3) is 0 Å². The maximum absolute atomic E-state index is 11.2. The van der Waals surface area contributed by atoms with Gasteiger partial charge in [-0.3, -0.25) is 9.59 Å². The van der Waals surface area contributed by atoms with E-state index in [1.807, 2.05) is 0 Å². The predicted molar refractivity (Wildman–Crippen MR) is 47.8 cm³/mol. The summed E-state index contributed by atoms with van der Waals surface area (Å²) in [7, 11) is 1.67. The molecule has 0 aromatic rings. The van der Waals surface area contributed by atoms with Crippen molar-refractivity contribution in [3.05, 3.63) is 0 Å². The molecule has 5 heteroatoms. The highest BCUT2D eigenvalue weighted by molar-refractivity contribution is 5.83. The molecule has 1 saturated heterocycles. The molecule has 4 N–H and O–H groups in total. The van der Waals surface area contributed by atoms with Gasteiger partial charge in [0.1, 0.15) is 0 Å². The standard InChI is InChI=1S/C8H15N3O2/c1-10-6(7(9)12)4-5-2-3-11-8(5)13/h5-6,10H,2-4H2,1H3,(H2,9,12)(H,11,13)/t5-,6-/m0/s1. The molecule has 1 rings (SSSR count). The maximum Gasteiger partial charge on any atom is 0.234 e. The summed E-state index contributed by atoms with van der Waals surface area (Å²) < 4.78 is 0. The van der Waals surface area contributed by atoms with Crippen molar-refractivity contribution >= 4 is 11.8 Å². The quantitative estimate of drug-likeness (QED) is 0.503. The Hall–Kier alpha value is -1.10. The zero-order chi connectivity index (χ0) is 9.84. The first-order valence-corrected chi connectivity index (χ1v) is 4.39. The number of carbonyl (C=O) groups excluding carboxylic acids is 2. The molecule has 0 aromatic carbocycles. The van der Waals surface area contributed by atoms with E-state index in [0.717, 1.165) is 6.42 Å². The Kier molecular flexibility index (Phi) is 3.25. The Bertz CT molecular complexity index is 217. The van der Waals surface area contributed by atoms with E-state index in [-0.39, 0.29) is 11.8 Å². The number of nitrogens with one attached hydrogen (secondary N) is 2. The highest BCUT2D eigenvalue weighted by Crippen LogP contribution is 2.15. The first kappa shape index (κ1) is 9.98. The fraction of sp³-hybridized carbons (Fsp3) is 0.750. The highest BCUT2D eigenvalue weighted by Gasteiger charge is 2.28. The summed E-state index contributed by atoms with van der Waals surface area (Å²) >= 11 is 0. The number of nitrogens with two attached hydrogens (primary N) is 1. The van der Waals surface area contributed by atoms with Crippen molar-refractivity contribution in [2.75, 3.05) is 13.6 Å². The summed E-state index contributed by atoms with van der Waals surface area (Å²) in [5, 5.41) is 5.51. The summed E-state index contributed by atoms with van der Waals surface area (Å²) in [5.74, 6) is -0.436. The van der Waals surface area contributed by atoms with Gasteiger partial charge >= 0.3 is 0 Å². The second-order valence-electron chi connectivity index (χ2n) is 3.26. The van der Waals surface area contributed by atoms with Crippen molar-refractivity contribution in [1.82, 2.24) is 10.6 Å². The average molecular weight is 185 g/mol. The summed E-state index contributed by atoms with van der Waals surface area (Å²) in [6.07, 6.45) is 1.29. The van der Waals surface area contributed by atoms with Gasteiger partial charge in [-0.25, -0.2) is 0 Å². The molecular formula is C8H15N3O2. The Morgan fingerprint density at radius 3 is 2.92 bits per heavy atom. The zero-order valence-electron chi connectivity index (χ0n) is 7.67. The normalized spacial score (nSPS) is 24.1. The predicted octanol–water partition coefficient (Wildman–Crippen LogP) is -1.41. The van der Waals surface area contributed by atoms with Crippen LogP contribution in [-0.4, -0.2) is 31.4 Å². The third-order valence-corrected chi connectivity index (χ3v) is 2.37. The Balaban J connectivity index is 2.45. The van der Waals surface area contributed by atoms with Gasteiger partial charge in [0.2, 0.25) is 11.8 Å². The van der Waals surface area contributed by atoms with E-state index in [1.165, 1.54) is 0 Å². The van der Waals surface area contributed by atoms with E-state index in [0.29, 0.717) is 13.0 Å². The monoisotopic (exact) mass is 185 g/mol. The lowest BCUT2D eigenvalue weighted by molar-refractivity contribution is -0.123. The van der Waals surface area contributed by atoms with Crippen molar-refractivity contribution in [2.24, 2.45) is 11.7 Å². The molecular weight excluding hydrogens is 170 g/mol. The number of rotatable bonds is 4. The van der Waals surface area contributed by atoms with Crippen molar-refractivity contribution < 1.29 is 9.59 Å². The van der Waals surface area contributed by atoms with E-state index in [9.17, 15) is 9.59 Å². The van der Waals surface area contributed by atoms with Gasteiger partial charge in [-0.1, -0.05) is 0 Å². The van der Waals surface area contributed by atoms with Gasteiger partial charge in [0.05, 0.1) is 6.04 Å². The fourth-order valence-corrected chi connectivity index (χ4v) is 1.53. The van der Waals surface area contributed by atoms with Crippen LogP contribution in [0.15, 0.2) is 0 Å². The Morgan fingerprint density at radius 1 is 1.85 bits per heavy atom. The number of hydrogen-bond acceptors (Lipinski definition) is 3. The second kappa shape index (κ2) is 4.23. The van der Waals surface area contributed by atoms with E-state index < -0.39 is 11.9 Å². The van der Waals surface area contributed by atoms with Crippen LogP contribution < -0.4 is 16.4 Å². The molecule has 2 atom stereocenters. The van der Waals surface area contributed by atoms with Crippen LogP contribution in [0, 0.1) is 5.92 Å². The van der Waals surface area contributed by atoms with E-state index in [1.54, 1.807) is 7.05 Å². The molecule has 1 aliphatic heterocycles. The molecule has 0 spiro atoms. The molecule has 1 fully saturated rings. The number of likely N-dealkylation sites (N-methyl/N-ethyl adjacent to an activating group) is 1. The Labute approximate surface area is 77.1 Å². The lowest BCUT2D eigenvalue weighted by Crippen LogP contribution is -2.41. The molecule has 0 aromatic heterocycles. The molecule has 1 aliphatic rings. The molecule has 5 nitrogen and oxygen atoms in total. The summed E-state index contributed by atoms with van der Waals surface area (Å²) in [5.41, 5.74) is 5.14. The van der Waals surface area contributed by atoms with Crippen molar-refractivity contribution in [3.8, 4) is 0 Å². The molecule has 0 radical (unpaired) electrons. The van der Waals surface area contributed by atoms with Gasteiger partial charge in [-0.05, 0) is 19.9 Å². The molecule has 2 amide bonds. The maximum atomic E-state index is 11.2. The first-order valence-electron chi connectivity index (χ1n) is 4.39. The number of amides is 2. The van der Waals surface area contributed by atoms with Crippen LogP contribution in [0.1, 0.15) is 12.8 Å². The zero-order valence-corrected chi connectivity index (χ0v) is 7.67. The topological polar surface area (TPSA) is 84.2 Å². The van der Waals surface area contributed by atoms with E-state index in [2.05, 4.69) is 10.6 Å². The minimum atomic E-state index is -0.401. The highest BCUT2D eigenvalue weighted by atomic mass is 16.2. The van der Waals surface area contributed by atoms with Crippen LogP contribution >= 0.6 is 0 Å². The number of primary amides is 1. The minimum Gasteiger partial charge on any atom is -0.368 e. The lowest BCUT2D eigenvalue weighted by atomic mass is 9.98.